The summed E-state index contributed by atoms with van der Waals surface area (Å²) in [5.74, 6) is 1.74. The van der Waals surface area contributed by atoms with E-state index in [-0.39, 0.29) is 19.8 Å². The zero-order chi connectivity index (χ0) is 18.8. The van der Waals surface area contributed by atoms with Crippen LogP contribution in [0.25, 0.3) is 11.5 Å². The van der Waals surface area contributed by atoms with Crippen LogP contribution >= 0.6 is 11.6 Å². The number of aryl methyl sites for hydroxylation is 1. The molecule has 2 aromatic carbocycles. The van der Waals surface area contributed by atoms with E-state index in [9.17, 15) is 4.79 Å². The van der Waals surface area contributed by atoms with Crippen LogP contribution < -0.4 is 9.47 Å². The second kappa shape index (κ2) is 7.32. The Bertz CT molecular complexity index is 984. The molecule has 1 aliphatic rings. The second-order valence-electron chi connectivity index (χ2n) is 6.04. The summed E-state index contributed by atoms with van der Waals surface area (Å²) in [6.07, 6.45) is 0.0282. The molecule has 0 unspecified atom stereocenters. The number of aromatic nitrogens is 1. The van der Waals surface area contributed by atoms with Crippen molar-refractivity contribution < 1.29 is 23.4 Å². The van der Waals surface area contributed by atoms with Crippen molar-refractivity contribution in [1.29, 1.82) is 0 Å². The fourth-order valence-corrected chi connectivity index (χ4v) is 3.04. The summed E-state index contributed by atoms with van der Waals surface area (Å²) >= 11 is 6.13. The third-order valence-corrected chi connectivity index (χ3v) is 4.39. The first-order valence-electron chi connectivity index (χ1n) is 8.35. The number of carbonyl (C=O) groups is 1. The van der Waals surface area contributed by atoms with E-state index in [1.807, 2.05) is 30.3 Å². The van der Waals surface area contributed by atoms with Crippen LogP contribution in [0, 0.1) is 6.92 Å². The molecule has 1 aromatic heterocycles. The molecule has 7 heteroatoms. The maximum atomic E-state index is 12.2. The molecule has 1 aliphatic heterocycles. The number of carbonyl (C=O) groups excluding carboxylic acids is 1. The molecule has 0 spiro atoms. The Kier molecular flexibility index (Phi) is 4.73. The van der Waals surface area contributed by atoms with Gasteiger partial charge in [0.05, 0.1) is 17.1 Å². The van der Waals surface area contributed by atoms with Crippen LogP contribution in [0.4, 0.5) is 0 Å². The molecule has 0 fully saturated rings. The van der Waals surface area contributed by atoms with Gasteiger partial charge in [-0.05, 0) is 36.8 Å². The van der Waals surface area contributed by atoms with Crippen molar-refractivity contribution in [2.24, 2.45) is 0 Å². The van der Waals surface area contributed by atoms with Gasteiger partial charge >= 0.3 is 5.97 Å². The Hall–Kier alpha value is -2.99. The number of benzene rings is 2. The molecule has 3 aromatic rings. The van der Waals surface area contributed by atoms with Crippen LogP contribution in [0.1, 0.15) is 17.0 Å². The molecule has 138 valence electrons. The van der Waals surface area contributed by atoms with Crippen molar-refractivity contribution in [3.63, 3.8) is 0 Å². The molecule has 0 aliphatic carbocycles. The van der Waals surface area contributed by atoms with Crippen LogP contribution in [0.15, 0.2) is 46.9 Å². The first kappa shape index (κ1) is 17.4. The highest BCUT2D eigenvalue weighted by atomic mass is 35.5. The number of rotatable bonds is 5. The van der Waals surface area contributed by atoms with Gasteiger partial charge in [-0.3, -0.25) is 4.79 Å². The van der Waals surface area contributed by atoms with Gasteiger partial charge in [-0.2, -0.15) is 0 Å². The molecule has 0 saturated heterocycles. The van der Waals surface area contributed by atoms with E-state index < -0.39 is 5.97 Å². The Labute approximate surface area is 160 Å². The zero-order valence-electron chi connectivity index (χ0n) is 14.5. The summed E-state index contributed by atoms with van der Waals surface area (Å²) in [5.41, 5.74) is 2.14. The highest BCUT2D eigenvalue weighted by molar-refractivity contribution is 6.32. The van der Waals surface area contributed by atoms with Crippen molar-refractivity contribution in [2.75, 3.05) is 6.79 Å². The van der Waals surface area contributed by atoms with Gasteiger partial charge in [-0.25, -0.2) is 4.98 Å². The largest absolute Gasteiger partial charge is 0.461 e. The van der Waals surface area contributed by atoms with Crippen LogP contribution in [0.2, 0.25) is 5.02 Å². The number of fused-ring (bicyclic) bond motifs is 1. The number of ether oxygens (including phenoxy) is 3. The lowest BCUT2D eigenvalue weighted by Crippen LogP contribution is -2.09. The molecule has 0 saturated carbocycles. The summed E-state index contributed by atoms with van der Waals surface area (Å²) in [5, 5.41) is 0.427. The maximum Gasteiger partial charge on any atom is 0.312 e. The fraction of sp³-hybridized carbons (Fsp3) is 0.200. The van der Waals surface area contributed by atoms with E-state index in [1.54, 1.807) is 19.1 Å². The van der Waals surface area contributed by atoms with Gasteiger partial charge in [0.2, 0.25) is 12.7 Å². The predicted octanol–water partition coefficient (Wildman–Crippen LogP) is 4.32. The van der Waals surface area contributed by atoms with Crippen LogP contribution in [-0.2, 0) is 22.6 Å². The number of hydrogen-bond acceptors (Lipinski definition) is 6. The average Bonchev–Trinajstić information content (AvgIpc) is 3.28. The molecule has 0 atom stereocenters. The highest BCUT2D eigenvalue weighted by Crippen LogP contribution is 2.39. The van der Waals surface area contributed by atoms with Gasteiger partial charge in [0, 0.05) is 5.56 Å². The van der Waals surface area contributed by atoms with Crippen LogP contribution in [0.3, 0.4) is 0 Å². The first-order chi connectivity index (χ1) is 13.1. The number of oxazole rings is 1. The fourth-order valence-electron chi connectivity index (χ4n) is 2.75. The monoisotopic (exact) mass is 385 g/mol. The molecule has 6 nitrogen and oxygen atoms in total. The van der Waals surface area contributed by atoms with Crippen molar-refractivity contribution in [1.82, 2.24) is 4.98 Å². The maximum absolute atomic E-state index is 12.2. The molecule has 27 heavy (non-hydrogen) atoms. The lowest BCUT2D eigenvalue weighted by molar-refractivity contribution is -0.144. The van der Waals surface area contributed by atoms with E-state index in [0.717, 1.165) is 11.1 Å². The third kappa shape index (κ3) is 3.75. The summed E-state index contributed by atoms with van der Waals surface area (Å²) in [6, 6.07) is 13.0. The third-order valence-electron chi connectivity index (χ3n) is 4.11. The molecule has 0 N–H and O–H groups in total. The predicted molar refractivity (Wildman–Crippen MR) is 97.8 cm³/mol. The topological polar surface area (TPSA) is 70.8 Å². The van der Waals surface area contributed by atoms with E-state index in [1.165, 1.54) is 0 Å². The number of hydrogen-bond donors (Lipinski definition) is 0. The number of halogens is 1. The summed E-state index contributed by atoms with van der Waals surface area (Å²) < 4.78 is 21.6. The van der Waals surface area contributed by atoms with Gasteiger partial charge in [0.25, 0.3) is 0 Å². The molecular weight excluding hydrogens is 370 g/mol. The number of nitrogens with zero attached hydrogens (tertiary/aromatic N) is 1. The smallest absolute Gasteiger partial charge is 0.312 e. The summed E-state index contributed by atoms with van der Waals surface area (Å²) in [6.45, 7) is 1.99. The zero-order valence-corrected chi connectivity index (χ0v) is 15.3. The SMILES string of the molecule is Cc1oc(-c2ccccc2)nc1CC(=O)OCc1cc(Cl)c2c(c1)OCO2. The van der Waals surface area contributed by atoms with E-state index in [0.29, 0.717) is 33.9 Å². The quantitative estimate of drug-likeness (QED) is 0.609. The van der Waals surface area contributed by atoms with Crippen molar-refractivity contribution in [3.8, 4) is 23.0 Å². The van der Waals surface area contributed by atoms with Crippen LogP contribution in [-0.4, -0.2) is 17.7 Å². The molecule has 2 heterocycles. The number of esters is 1. The Morgan fingerprint density at radius 1 is 1.22 bits per heavy atom. The normalized spacial score (nSPS) is 12.2. The molecule has 0 amide bonds. The highest BCUT2D eigenvalue weighted by Gasteiger charge is 2.19. The van der Waals surface area contributed by atoms with Crippen molar-refractivity contribution in [2.45, 2.75) is 20.0 Å². The lowest BCUT2D eigenvalue weighted by atomic mass is 10.2. The molecule has 0 radical (unpaired) electrons. The Morgan fingerprint density at radius 2 is 2.04 bits per heavy atom. The Morgan fingerprint density at radius 3 is 2.85 bits per heavy atom. The molecule has 0 bridgehead atoms. The second-order valence-corrected chi connectivity index (χ2v) is 6.44. The van der Waals surface area contributed by atoms with E-state index in [2.05, 4.69) is 4.98 Å². The van der Waals surface area contributed by atoms with Crippen molar-refractivity contribution >= 4 is 17.6 Å². The van der Waals surface area contributed by atoms with E-state index >= 15 is 0 Å². The Balaban J connectivity index is 1.40. The van der Waals surface area contributed by atoms with Crippen LogP contribution in [0.5, 0.6) is 11.5 Å². The minimum Gasteiger partial charge on any atom is -0.461 e. The average molecular weight is 386 g/mol. The summed E-state index contributed by atoms with van der Waals surface area (Å²) in [7, 11) is 0. The van der Waals surface area contributed by atoms with E-state index in [4.69, 9.17) is 30.2 Å². The van der Waals surface area contributed by atoms with Gasteiger partial charge in [0.1, 0.15) is 12.4 Å². The van der Waals surface area contributed by atoms with Gasteiger partial charge in [-0.1, -0.05) is 29.8 Å². The van der Waals surface area contributed by atoms with Crippen molar-refractivity contribution in [3.05, 3.63) is 64.5 Å². The minimum atomic E-state index is -0.403. The van der Waals surface area contributed by atoms with Gasteiger partial charge < -0.3 is 18.6 Å². The molecular formula is C20H16ClNO5. The summed E-state index contributed by atoms with van der Waals surface area (Å²) in [4.78, 5) is 16.6. The minimum absolute atomic E-state index is 0.0282. The van der Waals surface area contributed by atoms with Gasteiger partial charge in [0.15, 0.2) is 11.5 Å². The first-order valence-corrected chi connectivity index (χ1v) is 8.73. The standard InChI is InChI=1S/C20H16ClNO5/c1-12-16(22-20(27-12)14-5-3-2-4-6-14)9-18(23)24-10-13-7-15(21)19-17(8-13)25-11-26-19/h2-8H,9-11H2,1H3. The van der Waals surface area contributed by atoms with Gasteiger partial charge in [-0.15, -0.1) is 0 Å². The lowest BCUT2D eigenvalue weighted by Gasteiger charge is -2.06. The molecule has 4 rings (SSSR count).